The minimum Gasteiger partial charge on any atom is -0.352 e. The van der Waals surface area contributed by atoms with Crippen LogP contribution in [0.4, 0.5) is 0 Å². The van der Waals surface area contributed by atoms with Gasteiger partial charge < -0.3 is 10.3 Å². The van der Waals surface area contributed by atoms with Gasteiger partial charge in [0.25, 0.3) is 5.91 Å². The van der Waals surface area contributed by atoms with E-state index in [0.29, 0.717) is 18.5 Å². The predicted octanol–water partition coefficient (Wildman–Crippen LogP) is 2.18. The highest BCUT2D eigenvalue weighted by Gasteiger charge is 2.08. The molecule has 0 aliphatic heterocycles. The van der Waals surface area contributed by atoms with Crippen LogP contribution in [0, 0.1) is 0 Å². The molecule has 4 aromatic rings. The van der Waals surface area contributed by atoms with Gasteiger partial charge in [0.1, 0.15) is 0 Å². The van der Waals surface area contributed by atoms with Crippen molar-refractivity contribution in [3.8, 4) is 5.13 Å². The van der Waals surface area contributed by atoms with E-state index in [4.69, 9.17) is 0 Å². The third-order valence-electron chi connectivity index (χ3n) is 3.59. The van der Waals surface area contributed by atoms with Crippen LogP contribution in [0.15, 0.2) is 48.4 Å². The van der Waals surface area contributed by atoms with Gasteiger partial charge in [-0.2, -0.15) is 5.10 Å². The number of carbonyl (C=O) groups is 1. The van der Waals surface area contributed by atoms with Gasteiger partial charge in [-0.05, 0) is 24.3 Å². The van der Waals surface area contributed by atoms with Crippen LogP contribution in [0.2, 0.25) is 0 Å². The summed E-state index contributed by atoms with van der Waals surface area (Å²) in [5.74, 6) is -0.103. The Morgan fingerprint density at radius 1 is 1.38 bits per heavy atom. The van der Waals surface area contributed by atoms with Gasteiger partial charge in [0, 0.05) is 36.3 Å². The molecule has 0 unspecified atom stereocenters. The van der Waals surface area contributed by atoms with Crippen molar-refractivity contribution >= 4 is 28.3 Å². The highest BCUT2D eigenvalue weighted by Crippen LogP contribution is 2.14. The number of benzene rings is 1. The van der Waals surface area contributed by atoms with Gasteiger partial charge in [-0.1, -0.05) is 0 Å². The van der Waals surface area contributed by atoms with Crippen LogP contribution in [0.5, 0.6) is 0 Å². The molecule has 0 fully saturated rings. The van der Waals surface area contributed by atoms with E-state index in [-0.39, 0.29) is 5.91 Å². The van der Waals surface area contributed by atoms with Gasteiger partial charge >= 0.3 is 0 Å². The van der Waals surface area contributed by atoms with Gasteiger partial charge in [0.15, 0.2) is 0 Å². The lowest BCUT2D eigenvalue weighted by atomic mass is 10.2. The number of aromatic amines is 1. The zero-order valence-corrected chi connectivity index (χ0v) is 13.5. The number of rotatable bonds is 5. The van der Waals surface area contributed by atoms with E-state index in [1.165, 1.54) is 11.3 Å². The monoisotopic (exact) mass is 338 g/mol. The number of carbonyl (C=O) groups excluding carboxylic acids is 1. The Morgan fingerprint density at radius 2 is 2.33 bits per heavy atom. The number of thiazole rings is 1. The van der Waals surface area contributed by atoms with Crippen molar-refractivity contribution in [1.29, 1.82) is 0 Å². The fourth-order valence-corrected chi connectivity index (χ4v) is 3.18. The molecule has 0 atom stereocenters. The minimum atomic E-state index is -0.103. The van der Waals surface area contributed by atoms with Crippen LogP contribution >= 0.6 is 11.3 Å². The molecule has 0 radical (unpaired) electrons. The van der Waals surface area contributed by atoms with Gasteiger partial charge in [-0.3, -0.25) is 4.79 Å². The van der Waals surface area contributed by atoms with E-state index in [1.807, 2.05) is 23.7 Å². The number of hydrogen-bond donors (Lipinski definition) is 2. The van der Waals surface area contributed by atoms with Gasteiger partial charge in [-0.15, -0.1) is 11.3 Å². The normalized spacial score (nSPS) is 11.0. The highest BCUT2D eigenvalue weighted by molar-refractivity contribution is 7.12. The number of aromatic nitrogens is 5. The van der Waals surface area contributed by atoms with Gasteiger partial charge in [0.05, 0.1) is 23.1 Å². The summed E-state index contributed by atoms with van der Waals surface area (Å²) in [6.07, 6.45) is 5.87. The van der Waals surface area contributed by atoms with Gasteiger partial charge in [0.2, 0.25) is 5.13 Å². The smallest absolute Gasteiger partial charge is 0.251 e. The molecular formula is C16H14N6OS. The third-order valence-corrected chi connectivity index (χ3v) is 4.47. The van der Waals surface area contributed by atoms with Crippen LogP contribution in [0.3, 0.4) is 0 Å². The Labute approximate surface area is 141 Å². The number of H-pyrrole nitrogens is 1. The fourth-order valence-electron chi connectivity index (χ4n) is 2.38. The molecular weight excluding hydrogens is 324 g/mol. The molecule has 3 aromatic heterocycles. The van der Waals surface area contributed by atoms with E-state index >= 15 is 0 Å². The Hall–Kier alpha value is -3.00. The van der Waals surface area contributed by atoms with E-state index in [2.05, 4.69) is 25.4 Å². The third kappa shape index (κ3) is 2.91. The number of nitrogens with zero attached hydrogens (tertiary/aromatic N) is 4. The van der Waals surface area contributed by atoms with Crippen molar-refractivity contribution in [2.24, 2.45) is 0 Å². The first-order valence-electron chi connectivity index (χ1n) is 7.45. The van der Waals surface area contributed by atoms with Crippen LogP contribution in [0.1, 0.15) is 16.1 Å². The molecule has 2 N–H and O–H groups in total. The second-order valence-electron chi connectivity index (χ2n) is 5.21. The van der Waals surface area contributed by atoms with Gasteiger partial charge in [-0.25, -0.2) is 14.6 Å². The zero-order chi connectivity index (χ0) is 16.4. The summed E-state index contributed by atoms with van der Waals surface area (Å²) in [5.41, 5.74) is 3.25. The number of amides is 1. The quantitative estimate of drug-likeness (QED) is 0.584. The molecule has 0 aliphatic carbocycles. The largest absolute Gasteiger partial charge is 0.352 e. The molecule has 4 rings (SSSR count). The zero-order valence-electron chi connectivity index (χ0n) is 12.6. The molecule has 24 heavy (non-hydrogen) atoms. The van der Waals surface area contributed by atoms with Crippen molar-refractivity contribution in [2.75, 3.05) is 6.54 Å². The Morgan fingerprint density at radius 3 is 3.21 bits per heavy atom. The van der Waals surface area contributed by atoms with Crippen molar-refractivity contribution in [3.05, 3.63) is 59.6 Å². The van der Waals surface area contributed by atoms with Crippen LogP contribution < -0.4 is 5.32 Å². The molecule has 3 heterocycles. The number of nitrogens with one attached hydrogen (secondary N) is 2. The summed E-state index contributed by atoms with van der Waals surface area (Å²) in [6, 6.07) is 7.27. The summed E-state index contributed by atoms with van der Waals surface area (Å²) < 4.78 is 1.73. The SMILES string of the molecule is O=C(NCCc1csc(-n2cccn2)n1)c1ccc2nc[nH]c2c1. The average Bonchev–Trinajstić information content (AvgIpc) is 3.34. The first-order chi connectivity index (χ1) is 11.8. The molecule has 8 heteroatoms. The maximum atomic E-state index is 12.2. The topological polar surface area (TPSA) is 88.5 Å². The molecule has 0 bridgehead atoms. The molecule has 1 aromatic carbocycles. The highest BCUT2D eigenvalue weighted by atomic mass is 32.1. The number of hydrogen-bond acceptors (Lipinski definition) is 5. The molecule has 0 spiro atoms. The molecule has 1 amide bonds. The Kier molecular flexibility index (Phi) is 3.80. The number of imidazole rings is 1. The van der Waals surface area contributed by atoms with Crippen LogP contribution in [-0.4, -0.2) is 37.2 Å². The summed E-state index contributed by atoms with van der Waals surface area (Å²) in [4.78, 5) is 23.9. The van der Waals surface area contributed by atoms with E-state index in [9.17, 15) is 4.79 Å². The maximum absolute atomic E-state index is 12.2. The second-order valence-corrected chi connectivity index (χ2v) is 6.05. The average molecular weight is 338 g/mol. The lowest BCUT2D eigenvalue weighted by Gasteiger charge is -2.04. The molecule has 7 nitrogen and oxygen atoms in total. The Balaban J connectivity index is 1.36. The van der Waals surface area contributed by atoms with Crippen molar-refractivity contribution in [3.63, 3.8) is 0 Å². The van der Waals surface area contributed by atoms with Crippen molar-refractivity contribution in [2.45, 2.75) is 6.42 Å². The van der Waals surface area contributed by atoms with E-state index in [0.717, 1.165) is 21.9 Å². The Bertz CT molecular complexity index is 971. The summed E-state index contributed by atoms with van der Waals surface area (Å²) in [7, 11) is 0. The predicted molar refractivity (Wildman–Crippen MR) is 91.4 cm³/mol. The van der Waals surface area contributed by atoms with Crippen molar-refractivity contribution in [1.82, 2.24) is 30.0 Å². The summed E-state index contributed by atoms with van der Waals surface area (Å²) in [6.45, 7) is 0.530. The summed E-state index contributed by atoms with van der Waals surface area (Å²) >= 11 is 1.53. The molecule has 0 saturated heterocycles. The first kappa shape index (κ1) is 14.6. The maximum Gasteiger partial charge on any atom is 0.251 e. The van der Waals surface area contributed by atoms with Crippen molar-refractivity contribution < 1.29 is 4.79 Å². The lowest BCUT2D eigenvalue weighted by molar-refractivity contribution is 0.0954. The first-order valence-corrected chi connectivity index (χ1v) is 8.33. The number of fused-ring (bicyclic) bond motifs is 1. The molecule has 0 aliphatic rings. The van der Waals surface area contributed by atoms with Crippen LogP contribution in [0.25, 0.3) is 16.2 Å². The van der Waals surface area contributed by atoms with E-state index < -0.39 is 0 Å². The fraction of sp³-hybridized carbons (Fsp3) is 0.125. The lowest BCUT2D eigenvalue weighted by Crippen LogP contribution is -2.25. The second kappa shape index (κ2) is 6.25. The standard InChI is InChI=1S/C16H14N6OS/c23-15(11-2-3-13-14(8-11)19-10-18-13)17-6-4-12-9-24-16(21-12)22-7-1-5-20-22/h1-3,5,7-10H,4,6H2,(H,17,23)(H,18,19). The molecule has 0 saturated carbocycles. The van der Waals surface area contributed by atoms with E-state index in [1.54, 1.807) is 29.3 Å². The minimum absolute atomic E-state index is 0.103. The summed E-state index contributed by atoms with van der Waals surface area (Å²) in [5, 5.41) is 9.88. The van der Waals surface area contributed by atoms with Crippen LogP contribution in [-0.2, 0) is 6.42 Å². The molecule has 120 valence electrons.